The van der Waals surface area contributed by atoms with Gasteiger partial charge in [-0.05, 0) is 76.5 Å². The van der Waals surface area contributed by atoms with Gasteiger partial charge in [0, 0.05) is 5.56 Å². The fraction of sp³-hybridized carbons (Fsp3) is 0.550. The topological polar surface area (TPSA) is 80.3 Å². The molecule has 2 heterocycles. The van der Waals surface area contributed by atoms with E-state index in [0.717, 1.165) is 17.7 Å². The molecule has 7 heteroatoms. The molecule has 0 radical (unpaired) electrons. The van der Waals surface area contributed by atoms with E-state index < -0.39 is 5.97 Å². The molecule has 0 unspecified atom stereocenters. The number of unbranched alkanes of at least 4 members (excludes halogenated alkanes) is 1. The smallest absolute Gasteiger partial charge is 0.361 e. The Morgan fingerprint density at radius 2 is 1.89 bits per heavy atom. The Morgan fingerprint density at radius 3 is 2.63 bits per heavy atom. The lowest BCUT2D eigenvalue weighted by molar-refractivity contribution is 0.0520. The molecule has 1 aromatic carbocycles. The van der Waals surface area contributed by atoms with Crippen LogP contribution in [-0.4, -0.2) is 59.1 Å². The number of ether oxygens (including phenoxy) is 2. The van der Waals surface area contributed by atoms with Gasteiger partial charge in [-0.15, -0.1) is 5.10 Å². The molecule has 7 nitrogen and oxygen atoms in total. The zero-order valence-corrected chi connectivity index (χ0v) is 15.9. The molecule has 0 atom stereocenters. The Balaban J connectivity index is 1.45. The third-order valence-electron chi connectivity index (χ3n) is 4.73. The van der Waals surface area contributed by atoms with Crippen molar-refractivity contribution < 1.29 is 14.3 Å². The summed E-state index contributed by atoms with van der Waals surface area (Å²) in [6.45, 7) is 6.44. The summed E-state index contributed by atoms with van der Waals surface area (Å²) in [7, 11) is 0. The largest absolute Gasteiger partial charge is 0.494 e. The van der Waals surface area contributed by atoms with Crippen LogP contribution >= 0.6 is 0 Å². The first-order chi connectivity index (χ1) is 13.3. The molecule has 0 aliphatic carbocycles. The highest BCUT2D eigenvalue weighted by Gasteiger charge is 2.18. The quantitative estimate of drug-likeness (QED) is 0.537. The zero-order valence-electron chi connectivity index (χ0n) is 15.9. The number of esters is 1. The van der Waals surface area contributed by atoms with Gasteiger partial charge in [0.1, 0.15) is 11.4 Å². The Kier molecular flexibility index (Phi) is 7.21. The molecule has 0 spiro atoms. The van der Waals surface area contributed by atoms with Crippen LogP contribution in [0.1, 0.15) is 49.5 Å². The van der Waals surface area contributed by atoms with Crippen LogP contribution in [0, 0.1) is 0 Å². The van der Waals surface area contributed by atoms with Crippen LogP contribution < -0.4 is 4.74 Å². The minimum Gasteiger partial charge on any atom is -0.494 e. The summed E-state index contributed by atoms with van der Waals surface area (Å²) in [5.74, 6) is 0.341. The summed E-state index contributed by atoms with van der Waals surface area (Å²) in [5.41, 5.74) is 1.48. The molecular weight excluding hydrogens is 344 g/mol. The molecule has 1 fully saturated rings. The molecule has 2 aromatic rings. The van der Waals surface area contributed by atoms with Crippen molar-refractivity contribution in [3.63, 3.8) is 0 Å². The normalized spacial score (nSPS) is 14.9. The monoisotopic (exact) mass is 372 g/mol. The molecule has 1 aromatic heterocycles. The number of nitrogens with zero attached hydrogens (tertiary/aromatic N) is 3. The van der Waals surface area contributed by atoms with Crippen molar-refractivity contribution in [1.29, 1.82) is 0 Å². The summed E-state index contributed by atoms with van der Waals surface area (Å²) in [6.07, 6.45) is 6.28. The minimum absolute atomic E-state index is 0.197. The number of benzene rings is 1. The van der Waals surface area contributed by atoms with Crippen molar-refractivity contribution in [1.82, 2.24) is 20.3 Å². The van der Waals surface area contributed by atoms with Gasteiger partial charge in [-0.25, -0.2) is 4.79 Å². The molecule has 0 amide bonds. The lowest BCUT2D eigenvalue weighted by Crippen LogP contribution is -2.30. The minimum atomic E-state index is -0.477. The second-order valence-electron chi connectivity index (χ2n) is 6.72. The number of carbonyl (C=O) groups is 1. The van der Waals surface area contributed by atoms with E-state index >= 15 is 0 Å². The SMILES string of the molecule is CCOC(=O)c1n[nH]nc1-c1ccc(OCCCCN2CCCCC2)cc1. The molecule has 146 valence electrons. The van der Waals surface area contributed by atoms with Gasteiger partial charge in [-0.1, -0.05) is 6.42 Å². The van der Waals surface area contributed by atoms with Crippen molar-refractivity contribution in [2.45, 2.75) is 39.0 Å². The van der Waals surface area contributed by atoms with Crippen LogP contribution in [0.3, 0.4) is 0 Å². The molecule has 1 saturated heterocycles. The highest BCUT2D eigenvalue weighted by molar-refractivity contribution is 5.93. The lowest BCUT2D eigenvalue weighted by atomic mass is 10.1. The van der Waals surface area contributed by atoms with Gasteiger partial charge in [0.2, 0.25) is 0 Å². The van der Waals surface area contributed by atoms with Gasteiger partial charge < -0.3 is 14.4 Å². The van der Waals surface area contributed by atoms with Crippen LogP contribution in [0.2, 0.25) is 0 Å². The fourth-order valence-electron chi connectivity index (χ4n) is 3.29. The molecule has 0 saturated carbocycles. The number of aromatic nitrogens is 3. The average molecular weight is 372 g/mol. The first-order valence-electron chi connectivity index (χ1n) is 9.81. The Labute approximate surface area is 160 Å². The zero-order chi connectivity index (χ0) is 18.9. The van der Waals surface area contributed by atoms with Crippen molar-refractivity contribution in [2.24, 2.45) is 0 Å². The molecule has 1 aliphatic rings. The maximum absolute atomic E-state index is 11.9. The van der Waals surface area contributed by atoms with Crippen molar-refractivity contribution in [3.8, 4) is 17.0 Å². The van der Waals surface area contributed by atoms with Gasteiger partial charge in [-0.3, -0.25) is 0 Å². The van der Waals surface area contributed by atoms with Gasteiger partial charge in [0.15, 0.2) is 5.69 Å². The molecule has 27 heavy (non-hydrogen) atoms. The molecular formula is C20H28N4O3. The van der Waals surface area contributed by atoms with Gasteiger partial charge >= 0.3 is 5.97 Å². The van der Waals surface area contributed by atoms with E-state index in [1.807, 2.05) is 24.3 Å². The number of nitrogens with one attached hydrogen (secondary N) is 1. The van der Waals surface area contributed by atoms with Crippen molar-refractivity contribution >= 4 is 5.97 Å². The van der Waals surface area contributed by atoms with E-state index in [1.54, 1.807) is 6.92 Å². The molecule has 0 bridgehead atoms. The third kappa shape index (κ3) is 5.53. The van der Waals surface area contributed by atoms with Crippen LogP contribution in [0.4, 0.5) is 0 Å². The van der Waals surface area contributed by atoms with Gasteiger partial charge in [-0.2, -0.15) is 10.3 Å². The summed E-state index contributed by atoms with van der Waals surface area (Å²) in [5, 5.41) is 10.5. The first kappa shape index (κ1) is 19.4. The first-order valence-corrected chi connectivity index (χ1v) is 9.81. The van der Waals surface area contributed by atoms with E-state index in [2.05, 4.69) is 20.3 Å². The summed E-state index contributed by atoms with van der Waals surface area (Å²) < 4.78 is 10.8. The second kappa shape index (κ2) is 10.1. The number of carbonyl (C=O) groups excluding carboxylic acids is 1. The van der Waals surface area contributed by atoms with Crippen LogP contribution in [0.15, 0.2) is 24.3 Å². The van der Waals surface area contributed by atoms with E-state index in [4.69, 9.17) is 9.47 Å². The fourth-order valence-corrected chi connectivity index (χ4v) is 3.29. The average Bonchev–Trinajstić information content (AvgIpc) is 3.19. The van der Waals surface area contributed by atoms with Crippen molar-refractivity contribution in [2.75, 3.05) is 32.8 Å². The number of aromatic amines is 1. The Hall–Kier alpha value is -2.41. The van der Waals surface area contributed by atoms with Gasteiger partial charge in [0.25, 0.3) is 0 Å². The predicted molar refractivity (Wildman–Crippen MR) is 103 cm³/mol. The molecule has 1 N–H and O–H groups in total. The number of rotatable bonds is 9. The van der Waals surface area contributed by atoms with E-state index in [-0.39, 0.29) is 5.69 Å². The predicted octanol–water partition coefficient (Wildman–Crippen LogP) is 3.29. The summed E-state index contributed by atoms with van der Waals surface area (Å²) in [4.78, 5) is 14.5. The Morgan fingerprint density at radius 1 is 1.11 bits per heavy atom. The van der Waals surface area contributed by atoms with Crippen molar-refractivity contribution in [3.05, 3.63) is 30.0 Å². The number of hydrogen-bond acceptors (Lipinski definition) is 6. The van der Waals surface area contributed by atoms with E-state index in [0.29, 0.717) is 18.9 Å². The van der Waals surface area contributed by atoms with E-state index in [1.165, 1.54) is 45.3 Å². The lowest BCUT2D eigenvalue weighted by Gasteiger charge is -2.26. The van der Waals surface area contributed by atoms with Crippen LogP contribution in [0.5, 0.6) is 5.75 Å². The van der Waals surface area contributed by atoms with Crippen LogP contribution in [-0.2, 0) is 4.74 Å². The van der Waals surface area contributed by atoms with Crippen LogP contribution in [0.25, 0.3) is 11.3 Å². The highest BCUT2D eigenvalue weighted by atomic mass is 16.5. The third-order valence-corrected chi connectivity index (χ3v) is 4.73. The molecule has 3 rings (SSSR count). The Bertz CT molecular complexity index is 708. The number of likely N-dealkylation sites (tertiary alicyclic amines) is 1. The number of piperidine rings is 1. The maximum Gasteiger partial charge on any atom is 0.361 e. The maximum atomic E-state index is 11.9. The molecule has 1 aliphatic heterocycles. The van der Waals surface area contributed by atoms with E-state index in [9.17, 15) is 4.79 Å². The number of hydrogen-bond donors (Lipinski definition) is 1. The second-order valence-corrected chi connectivity index (χ2v) is 6.72. The van der Waals surface area contributed by atoms with Gasteiger partial charge in [0.05, 0.1) is 13.2 Å². The summed E-state index contributed by atoms with van der Waals surface area (Å²) >= 11 is 0. The standard InChI is InChI=1S/C20H28N4O3/c1-2-26-20(25)19-18(21-23-22-19)16-8-10-17(11-9-16)27-15-7-6-14-24-12-4-3-5-13-24/h8-11H,2-7,12-15H2,1H3,(H,21,22,23). The summed E-state index contributed by atoms with van der Waals surface area (Å²) in [6, 6.07) is 7.54. The number of H-pyrrole nitrogens is 1. The highest BCUT2D eigenvalue weighted by Crippen LogP contribution is 2.23.